The van der Waals surface area contributed by atoms with Crippen LogP contribution in [0.4, 0.5) is 5.00 Å². The summed E-state index contributed by atoms with van der Waals surface area (Å²) in [5.41, 5.74) is 2.54. The second-order valence-corrected chi connectivity index (χ2v) is 9.22. The van der Waals surface area contributed by atoms with Gasteiger partial charge < -0.3 is 10.1 Å². The zero-order chi connectivity index (χ0) is 20.4. The van der Waals surface area contributed by atoms with Crippen molar-refractivity contribution in [2.45, 2.75) is 39.2 Å². The van der Waals surface area contributed by atoms with Gasteiger partial charge in [-0.2, -0.15) is 5.10 Å². The third-order valence-electron chi connectivity index (χ3n) is 4.70. The zero-order valence-corrected chi connectivity index (χ0v) is 18.3. The molecule has 3 heterocycles. The molecule has 1 aliphatic carbocycles. The summed E-state index contributed by atoms with van der Waals surface area (Å²) in [6, 6.07) is 1.84. The summed E-state index contributed by atoms with van der Waals surface area (Å²) in [5, 5.41) is 10.2. The quantitative estimate of drug-likeness (QED) is 0.536. The molecule has 0 fully saturated rings. The fourth-order valence-electron chi connectivity index (χ4n) is 3.43. The summed E-state index contributed by atoms with van der Waals surface area (Å²) in [6.45, 7) is 2.63. The minimum atomic E-state index is -0.357. The number of amides is 1. The van der Waals surface area contributed by atoms with Gasteiger partial charge in [-0.05, 0) is 55.2 Å². The van der Waals surface area contributed by atoms with Crippen LogP contribution in [0.1, 0.15) is 55.8 Å². The van der Waals surface area contributed by atoms with Crippen LogP contribution in [-0.4, -0.2) is 28.3 Å². The highest BCUT2D eigenvalue weighted by molar-refractivity contribution is 7.17. The number of nitrogens with zero attached hydrogens (tertiary/aromatic N) is 2. The monoisotopic (exact) mass is 449 g/mol. The standard InChI is InChI=1S/C20H20ClN3O3S2/c1-2-27-20(26)17-14-5-3-4-6-15(14)29-19(17)23-18(25)16-7-12(11-28-16)9-24-10-13(21)8-22-24/h7-8,10-11H,2-6,9H2,1H3,(H,23,25). The van der Waals surface area contributed by atoms with Gasteiger partial charge >= 0.3 is 5.97 Å². The number of carbonyl (C=O) groups excluding carboxylic acids is 2. The Morgan fingerprint density at radius 3 is 2.93 bits per heavy atom. The molecule has 0 spiro atoms. The third-order valence-corrected chi connectivity index (χ3v) is 7.08. The lowest BCUT2D eigenvalue weighted by molar-refractivity contribution is 0.0526. The van der Waals surface area contributed by atoms with Gasteiger partial charge in [-0.3, -0.25) is 9.48 Å². The van der Waals surface area contributed by atoms with Crippen LogP contribution in [0.25, 0.3) is 0 Å². The topological polar surface area (TPSA) is 73.2 Å². The van der Waals surface area contributed by atoms with Crippen LogP contribution in [0.5, 0.6) is 0 Å². The smallest absolute Gasteiger partial charge is 0.341 e. The Labute approximate surface area is 181 Å². The van der Waals surface area contributed by atoms with Crippen LogP contribution >= 0.6 is 34.3 Å². The van der Waals surface area contributed by atoms with E-state index in [9.17, 15) is 9.59 Å². The lowest BCUT2D eigenvalue weighted by atomic mass is 9.95. The molecular weight excluding hydrogens is 430 g/mol. The number of aryl methyl sites for hydroxylation is 1. The van der Waals surface area contributed by atoms with Gasteiger partial charge in [0.25, 0.3) is 5.91 Å². The SMILES string of the molecule is CCOC(=O)c1c(NC(=O)c2cc(Cn3cc(Cl)cn3)cs2)sc2c1CCCC2. The van der Waals surface area contributed by atoms with Gasteiger partial charge in [-0.25, -0.2) is 4.79 Å². The first kappa shape index (κ1) is 20.1. The average molecular weight is 450 g/mol. The number of hydrogen-bond donors (Lipinski definition) is 1. The van der Waals surface area contributed by atoms with E-state index in [4.69, 9.17) is 16.3 Å². The molecule has 6 nitrogen and oxygen atoms in total. The number of hydrogen-bond acceptors (Lipinski definition) is 6. The highest BCUT2D eigenvalue weighted by Gasteiger charge is 2.27. The molecule has 0 atom stereocenters. The van der Waals surface area contributed by atoms with Crippen molar-refractivity contribution in [1.82, 2.24) is 9.78 Å². The number of thiophene rings is 2. The van der Waals surface area contributed by atoms with Crippen LogP contribution in [0.3, 0.4) is 0 Å². The molecule has 0 aliphatic heterocycles. The fraction of sp³-hybridized carbons (Fsp3) is 0.350. The molecule has 0 radical (unpaired) electrons. The lowest BCUT2D eigenvalue weighted by Crippen LogP contribution is -2.15. The first-order valence-corrected chi connectivity index (χ1v) is 11.5. The number of halogens is 1. The molecular formula is C20H20ClN3O3S2. The fourth-order valence-corrected chi connectivity index (χ4v) is 5.65. The van der Waals surface area contributed by atoms with Crippen molar-refractivity contribution in [1.29, 1.82) is 0 Å². The van der Waals surface area contributed by atoms with Crippen molar-refractivity contribution in [3.63, 3.8) is 0 Å². The van der Waals surface area contributed by atoms with Crippen molar-refractivity contribution in [2.24, 2.45) is 0 Å². The van der Waals surface area contributed by atoms with Gasteiger partial charge in [0.05, 0.1) is 34.8 Å². The normalized spacial score (nSPS) is 13.2. The molecule has 4 rings (SSSR count). The maximum atomic E-state index is 12.8. The first-order chi connectivity index (χ1) is 14.0. The van der Waals surface area contributed by atoms with E-state index in [0.29, 0.717) is 33.6 Å². The highest BCUT2D eigenvalue weighted by atomic mass is 35.5. The van der Waals surface area contributed by atoms with Crippen LogP contribution in [0.2, 0.25) is 5.02 Å². The van der Waals surface area contributed by atoms with Crippen molar-refractivity contribution in [2.75, 3.05) is 11.9 Å². The predicted molar refractivity (Wildman–Crippen MR) is 116 cm³/mol. The van der Waals surface area contributed by atoms with E-state index in [2.05, 4.69) is 10.4 Å². The molecule has 0 unspecified atom stereocenters. The second-order valence-electron chi connectivity index (χ2n) is 6.76. The average Bonchev–Trinajstić information content (AvgIpc) is 3.40. The van der Waals surface area contributed by atoms with E-state index in [1.54, 1.807) is 24.0 Å². The molecule has 1 amide bonds. The molecule has 29 heavy (non-hydrogen) atoms. The Morgan fingerprint density at radius 1 is 1.34 bits per heavy atom. The summed E-state index contributed by atoms with van der Waals surface area (Å²) in [4.78, 5) is 27.1. The van der Waals surface area contributed by atoms with E-state index in [1.165, 1.54) is 27.6 Å². The molecule has 3 aromatic heterocycles. The van der Waals surface area contributed by atoms with Crippen LogP contribution in [0.15, 0.2) is 23.8 Å². The number of nitrogens with one attached hydrogen (secondary N) is 1. The second kappa shape index (κ2) is 8.69. The zero-order valence-electron chi connectivity index (χ0n) is 15.9. The number of aromatic nitrogens is 2. The van der Waals surface area contributed by atoms with Gasteiger partial charge in [-0.15, -0.1) is 22.7 Å². The van der Waals surface area contributed by atoms with Crippen LogP contribution in [-0.2, 0) is 24.1 Å². The third kappa shape index (κ3) is 4.39. The summed E-state index contributed by atoms with van der Waals surface area (Å²) in [7, 11) is 0. The van der Waals surface area contributed by atoms with Gasteiger partial charge in [-0.1, -0.05) is 11.6 Å². The first-order valence-electron chi connectivity index (χ1n) is 9.43. The molecule has 0 saturated carbocycles. The Balaban J connectivity index is 1.54. The highest BCUT2D eigenvalue weighted by Crippen LogP contribution is 2.39. The van der Waals surface area contributed by atoms with Crippen molar-refractivity contribution in [3.8, 4) is 0 Å². The molecule has 0 aromatic carbocycles. The lowest BCUT2D eigenvalue weighted by Gasteiger charge is -2.12. The van der Waals surface area contributed by atoms with Gasteiger partial charge in [0, 0.05) is 11.1 Å². The molecule has 152 valence electrons. The summed E-state index contributed by atoms with van der Waals surface area (Å²) in [6.07, 6.45) is 7.27. The summed E-state index contributed by atoms with van der Waals surface area (Å²) < 4.78 is 6.97. The van der Waals surface area contributed by atoms with E-state index < -0.39 is 0 Å². The molecule has 3 aromatic rings. The summed E-state index contributed by atoms with van der Waals surface area (Å²) in [5.74, 6) is -0.575. The predicted octanol–water partition coefficient (Wildman–Crippen LogP) is 5.02. The van der Waals surface area contributed by atoms with Crippen LogP contribution < -0.4 is 5.32 Å². The van der Waals surface area contributed by atoms with Crippen molar-refractivity contribution >= 4 is 51.2 Å². The van der Waals surface area contributed by atoms with Crippen molar-refractivity contribution < 1.29 is 14.3 Å². The molecule has 1 aliphatic rings. The van der Waals surface area contributed by atoms with E-state index in [1.807, 2.05) is 11.4 Å². The van der Waals surface area contributed by atoms with Crippen molar-refractivity contribution in [3.05, 3.63) is 55.3 Å². The Kier molecular flexibility index (Phi) is 6.03. The molecule has 1 N–H and O–H groups in total. The van der Waals surface area contributed by atoms with E-state index >= 15 is 0 Å². The number of carbonyl (C=O) groups is 2. The molecule has 0 bridgehead atoms. The van der Waals surface area contributed by atoms with Gasteiger partial charge in [0.15, 0.2) is 0 Å². The largest absolute Gasteiger partial charge is 0.462 e. The number of esters is 1. The molecule has 9 heteroatoms. The Morgan fingerprint density at radius 2 is 2.17 bits per heavy atom. The van der Waals surface area contributed by atoms with E-state index in [-0.39, 0.29) is 11.9 Å². The number of anilines is 1. The van der Waals surface area contributed by atoms with Crippen LogP contribution in [0, 0.1) is 0 Å². The number of fused-ring (bicyclic) bond motifs is 1. The summed E-state index contributed by atoms with van der Waals surface area (Å²) >= 11 is 8.76. The maximum Gasteiger partial charge on any atom is 0.341 e. The minimum absolute atomic E-state index is 0.219. The number of rotatable bonds is 6. The van der Waals surface area contributed by atoms with Gasteiger partial charge in [0.1, 0.15) is 5.00 Å². The Hall–Kier alpha value is -2.16. The van der Waals surface area contributed by atoms with E-state index in [0.717, 1.165) is 36.8 Å². The minimum Gasteiger partial charge on any atom is -0.462 e. The number of ether oxygens (including phenoxy) is 1. The van der Waals surface area contributed by atoms with Gasteiger partial charge in [0.2, 0.25) is 0 Å². The maximum absolute atomic E-state index is 12.8. The Bertz CT molecular complexity index is 1050. The molecule has 0 saturated heterocycles.